The summed E-state index contributed by atoms with van der Waals surface area (Å²) in [7, 11) is 0. The van der Waals surface area contributed by atoms with Gasteiger partial charge in [-0.1, -0.05) is 0 Å². The second-order valence-electron chi connectivity index (χ2n) is 4.23. The van der Waals surface area contributed by atoms with Gasteiger partial charge in [-0.3, -0.25) is 0 Å². The van der Waals surface area contributed by atoms with Crippen LogP contribution < -0.4 is 5.73 Å². The minimum Gasteiger partial charge on any atom is -0.421 e. The van der Waals surface area contributed by atoms with Gasteiger partial charge in [-0.2, -0.15) is 0 Å². The predicted octanol–water partition coefficient (Wildman–Crippen LogP) is 2.43. The summed E-state index contributed by atoms with van der Waals surface area (Å²) in [6.07, 6.45) is 5.03. The Bertz CT molecular complexity index is 550. The molecule has 2 aromatic heterocycles. The first-order valence-electron chi connectivity index (χ1n) is 5.46. The van der Waals surface area contributed by atoms with Gasteiger partial charge in [-0.15, -0.1) is 10.2 Å². The number of anilines is 1. The van der Waals surface area contributed by atoms with Crippen molar-refractivity contribution in [1.82, 2.24) is 15.2 Å². The lowest BCUT2D eigenvalue weighted by atomic mass is 10.2. The molecule has 5 nitrogen and oxygen atoms in total. The normalized spacial score (nSPS) is 15.1. The van der Waals surface area contributed by atoms with E-state index in [1.54, 1.807) is 6.20 Å². The Morgan fingerprint density at radius 3 is 3.00 bits per heavy atom. The van der Waals surface area contributed by atoms with E-state index in [-0.39, 0.29) is 0 Å². The molecular weight excluding hydrogens is 284 g/mol. The Balaban J connectivity index is 1.91. The molecule has 0 aromatic carbocycles. The van der Waals surface area contributed by atoms with Crippen LogP contribution in [-0.4, -0.2) is 15.2 Å². The molecule has 0 amide bonds. The van der Waals surface area contributed by atoms with E-state index in [0.29, 0.717) is 23.2 Å². The molecule has 0 aliphatic heterocycles. The summed E-state index contributed by atoms with van der Waals surface area (Å²) in [5.41, 5.74) is 6.46. The van der Waals surface area contributed by atoms with Crippen molar-refractivity contribution in [3.63, 3.8) is 0 Å². The van der Waals surface area contributed by atoms with Gasteiger partial charge in [-0.05, 0) is 40.8 Å². The molecule has 0 atom stereocenters. The van der Waals surface area contributed by atoms with Crippen LogP contribution >= 0.6 is 15.9 Å². The number of pyridine rings is 1. The minimum absolute atomic E-state index is 0.398. The van der Waals surface area contributed by atoms with Crippen molar-refractivity contribution in [2.75, 3.05) is 5.73 Å². The van der Waals surface area contributed by atoms with Crippen LogP contribution in [-0.2, 0) is 6.42 Å². The highest BCUT2D eigenvalue weighted by Crippen LogP contribution is 2.33. The van der Waals surface area contributed by atoms with Gasteiger partial charge < -0.3 is 10.2 Å². The van der Waals surface area contributed by atoms with Gasteiger partial charge in [0.2, 0.25) is 5.89 Å². The molecule has 2 heterocycles. The topological polar surface area (TPSA) is 77.8 Å². The van der Waals surface area contributed by atoms with E-state index in [1.807, 2.05) is 6.07 Å². The zero-order chi connectivity index (χ0) is 11.8. The summed E-state index contributed by atoms with van der Waals surface area (Å²) in [6.45, 7) is 0. The first-order chi connectivity index (χ1) is 8.22. The van der Waals surface area contributed by atoms with Gasteiger partial charge in [0.15, 0.2) is 0 Å². The van der Waals surface area contributed by atoms with E-state index in [2.05, 4.69) is 31.1 Å². The number of nitrogen functional groups attached to an aromatic ring is 1. The first kappa shape index (κ1) is 10.7. The standard InChI is InChI=1S/C11H11BrN4O/c12-7-4-8(10(13)14-5-7)11-16-15-9(17-11)3-6-1-2-6/h4-6H,1-3H2,(H2,13,14). The molecule has 88 valence electrons. The van der Waals surface area contributed by atoms with Gasteiger partial charge in [0, 0.05) is 17.1 Å². The zero-order valence-electron chi connectivity index (χ0n) is 9.06. The number of rotatable bonds is 3. The van der Waals surface area contributed by atoms with Gasteiger partial charge in [0.25, 0.3) is 5.89 Å². The van der Waals surface area contributed by atoms with Crippen LogP contribution in [0.3, 0.4) is 0 Å². The fourth-order valence-corrected chi connectivity index (χ4v) is 1.97. The van der Waals surface area contributed by atoms with E-state index < -0.39 is 0 Å². The summed E-state index contributed by atoms with van der Waals surface area (Å²) in [4.78, 5) is 4.04. The van der Waals surface area contributed by atoms with E-state index in [9.17, 15) is 0 Å². The number of hydrogen-bond acceptors (Lipinski definition) is 5. The van der Waals surface area contributed by atoms with E-state index in [0.717, 1.165) is 16.8 Å². The van der Waals surface area contributed by atoms with Crippen molar-refractivity contribution in [3.05, 3.63) is 22.6 Å². The highest BCUT2D eigenvalue weighted by atomic mass is 79.9. The quantitative estimate of drug-likeness (QED) is 0.941. The molecule has 0 bridgehead atoms. The van der Waals surface area contributed by atoms with E-state index >= 15 is 0 Å². The van der Waals surface area contributed by atoms with Crippen LogP contribution in [0.15, 0.2) is 21.2 Å². The summed E-state index contributed by atoms with van der Waals surface area (Å²) in [5, 5.41) is 8.04. The molecule has 1 fully saturated rings. The van der Waals surface area contributed by atoms with Gasteiger partial charge >= 0.3 is 0 Å². The molecular formula is C11H11BrN4O. The molecule has 3 rings (SSSR count). The lowest BCUT2D eigenvalue weighted by Gasteiger charge is -1.99. The van der Waals surface area contributed by atoms with Crippen LogP contribution in [0, 0.1) is 5.92 Å². The number of hydrogen-bond donors (Lipinski definition) is 1. The van der Waals surface area contributed by atoms with Crippen LogP contribution in [0.5, 0.6) is 0 Å². The summed E-state index contributed by atoms with van der Waals surface area (Å²) in [5.74, 6) is 2.24. The number of nitrogens with two attached hydrogens (primary N) is 1. The Morgan fingerprint density at radius 1 is 1.41 bits per heavy atom. The van der Waals surface area contributed by atoms with Crippen molar-refractivity contribution in [1.29, 1.82) is 0 Å². The fraction of sp³-hybridized carbons (Fsp3) is 0.364. The average molecular weight is 295 g/mol. The lowest BCUT2D eigenvalue weighted by Crippen LogP contribution is -1.93. The Labute approximate surface area is 107 Å². The fourth-order valence-electron chi connectivity index (χ4n) is 1.64. The molecule has 6 heteroatoms. The smallest absolute Gasteiger partial charge is 0.251 e. The molecule has 1 aliphatic carbocycles. The van der Waals surface area contributed by atoms with Crippen LogP contribution in [0.25, 0.3) is 11.5 Å². The largest absolute Gasteiger partial charge is 0.421 e. The molecule has 1 saturated carbocycles. The second kappa shape index (κ2) is 4.10. The molecule has 17 heavy (non-hydrogen) atoms. The first-order valence-corrected chi connectivity index (χ1v) is 6.25. The molecule has 0 unspecified atom stereocenters. The van der Waals surface area contributed by atoms with Crippen molar-refractivity contribution in [2.45, 2.75) is 19.3 Å². The van der Waals surface area contributed by atoms with Crippen molar-refractivity contribution >= 4 is 21.7 Å². The Hall–Kier alpha value is -1.43. The molecule has 2 aromatic rings. The van der Waals surface area contributed by atoms with E-state index in [4.69, 9.17) is 10.2 Å². The third-order valence-electron chi connectivity index (χ3n) is 2.74. The second-order valence-corrected chi connectivity index (χ2v) is 5.15. The maximum Gasteiger partial charge on any atom is 0.251 e. The molecule has 1 aliphatic rings. The maximum atomic E-state index is 5.78. The molecule has 0 saturated heterocycles. The monoisotopic (exact) mass is 294 g/mol. The third kappa shape index (κ3) is 2.31. The summed E-state index contributed by atoms with van der Waals surface area (Å²) < 4.78 is 6.43. The van der Waals surface area contributed by atoms with Crippen molar-refractivity contribution in [3.8, 4) is 11.5 Å². The highest BCUT2D eigenvalue weighted by molar-refractivity contribution is 9.10. The van der Waals surface area contributed by atoms with Gasteiger partial charge in [-0.25, -0.2) is 4.98 Å². The van der Waals surface area contributed by atoms with Crippen molar-refractivity contribution < 1.29 is 4.42 Å². The third-order valence-corrected chi connectivity index (χ3v) is 3.18. The Morgan fingerprint density at radius 2 is 2.24 bits per heavy atom. The van der Waals surface area contributed by atoms with Gasteiger partial charge in [0.1, 0.15) is 5.82 Å². The maximum absolute atomic E-state index is 5.78. The van der Waals surface area contributed by atoms with Crippen molar-refractivity contribution in [2.24, 2.45) is 5.92 Å². The predicted molar refractivity (Wildman–Crippen MR) is 66.1 cm³/mol. The SMILES string of the molecule is Nc1ncc(Br)cc1-c1nnc(CC2CC2)o1. The lowest BCUT2D eigenvalue weighted by molar-refractivity contribution is 0.492. The van der Waals surface area contributed by atoms with Crippen LogP contribution in [0.1, 0.15) is 18.7 Å². The summed E-state index contributed by atoms with van der Waals surface area (Å²) in [6, 6.07) is 1.83. The minimum atomic E-state index is 0.398. The molecule has 0 radical (unpaired) electrons. The van der Waals surface area contributed by atoms with Crippen LogP contribution in [0.4, 0.5) is 5.82 Å². The molecule has 2 N–H and O–H groups in total. The highest BCUT2D eigenvalue weighted by Gasteiger charge is 2.24. The summed E-state index contributed by atoms with van der Waals surface area (Å²) >= 11 is 3.34. The number of aromatic nitrogens is 3. The number of halogens is 1. The molecule has 0 spiro atoms. The van der Waals surface area contributed by atoms with Crippen LogP contribution in [0.2, 0.25) is 0 Å². The van der Waals surface area contributed by atoms with Gasteiger partial charge in [0.05, 0.1) is 5.56 Å². The average Bonchev–Trinajstić information content (AvgIpc) is 2.99. The Kier molecular flexibility index (Phi) is 2.58. The van der Waals surface area contributed by atoms with E-state index in [1.165, 1.54) is 12.8 Å². The number of nitrogens with zero attached hydrogens (tertiary/aromatic N) is 3. The zero-order valence-corrected chi connectivity index (χ0v) is 10.6.